The lowest BCUT2D eigenvalue weighted by Gasteiger charge is -2.12. The summed E-state index contributed by atoms with van der Waals surface area (Å²) in [5, 5.41) is 1.21. The molecular weight excluding hydrogens is 348 g/mol. The Balaban J connectivity index is 1.44. The number of thioether (sulfide) groups is 1. The van der Waals surface area contributed by atoms with Gasteiger partial charge >= 0.3 is 0 Å². The third kappa shape index (κ3) is 2.55. The fraction of sp³-hybridized carbons (Fsp3) is 0.125. The van der Waals surface area contributed by atoms with Crippen molar-refractivity contribution in [2.75, 3.05) is 12.3 Å². The molecule has 3 heterocycles. The van der Waals surface area contributed by atoms with Gasteiger partial charge in [0.2, 0.25) is 0 Å². The topological polar surface area (TPSA) is 79.0 Å². The van der Waals surface area contributed by atoms with Crippen molar-refractivity contribution in [2.24, 2.45) is 0 Å². The summed E-state index contributed by atoms with van der Waals surface area (Å²) in [7, 11) is 0. The van der Waals surface area contributed by atoms with E-state index in [-0.39, 0.29) is 11.8 Å². The lowest BCUT2D eigenvalue weighted by Crippen LogP contribution is -2.31. The summed E-state index contributed by atoms with van der Waals surface area (Å²) in [4.78, 5) is 37.4. The zero-order valence-corrected chi connectivity index (χ0v) is 13.9. The second-order valence-electron chi connectivity index (χ2n) is 5.22. The zero-order chi connectivity index (χ0) is 16.7. The molecule has 0 aliphatic carbocycles. The SMILES string of the molecule is O=C1c2ccccc2C(=O)N1CCSc1nc2ncc(Cl)cc2[nH]1. The number of rotatable bonds is 4. The Hall–Kier alpha value is -2.38. The molecule has 0 bridgehead atoms. The van der Waals surface area contributed by atoms with Crippen LogP contribution in [0.2, 0.25) is 5.02 Å². The number of imidazole rings is 1. The third-order valence-corrected chi connectivity index (χ3v) is 4.77. The van der Waals surface area contributed by atoms with E-state index >= 15 is 0 Å². The maximum absolute atomic E-state index is 12.3. The molecule has 1 aromatic carbocycles. The second-order valence-corrected chi connectivity index (χ2v) is 6.74. The highest BCUT2D eigenvalue weighted by Crippen LogP contribution is 2.24. The number of imide groups is 1. The van der Waals surface area contributed by atoms with E-state index < -0.39 is 0 Å². The number of carbonyl (C=O) groups is 2. The molecule has 1 aliphatic heterocycles. The van der Waals surface area contributed by atoms with Gasteiger partial charge in [0.15, 0.2) is 10.8 Å². The lowest BCUT2D eigenvalue weighted by atomic mass is 10.1. The summed E-state index contributed by atoms with van der Waals surface area (Å²) < 4.78 is 0. The molecule has 0 fully saturated rings. The predicted octanol–water partition coefficient (Wildman–Crippen LogP) is 3.00. The van der Waals surface area contributed by atoms with Crippen molar-refractivity contribution in [3.8, 4) is 0 Å². The summed E-state index contributed by atoms with van der Waals surface area (Å²) in [6.45, 7) is 0.322. The maximum Gasteiger partial charge on any atom is 0.261 e. The Bertz CT molecular complexity index is 937. The van der Waals surface area contributed by atoms with E-state index in [9.17, 15) is 9.59 Å². The molecule has 0 saturated carbocycles. The molecule has 0 atom stereocenters. The monoisotopic (exact) mass is 358 g/mol. The lowest BCUT2D eigenvalue weighted by molar-refractivity contribution is 0.0664. The number of H-pyrrole nitrogens is 1. The number of pyridine rings is 1. The quantitative estimate of drug-likeness (QED) is 0.573. The summed E-state index contributed by atoms with van der Waals surface area (Å²) >= 11 is 7.32. The van der Waals surface area contributed by atoms with Crippen LogP contribution < -0.4 is 0 Å². The smallest absolute Gasteiger partial charge is 0.261 e. The van der Waals surface area contributed by atoms with Crippen LogP contribution in [0.3, 0.4) is 0 Å². The minimum absolute atomic E-state index is 0.241. The highest BCUT2D eigenvalue weighted by molar-refractivity contribution is 7.99. The van der Waals surface area contributed by atoms with E-state index in [1.165, 1.54) is 22.9 Å². The summed E-state index contributed by atoms with van der Waals surface area (Å²) in [6.07, 6.45) is 1.54. The maximum atomic E-state index is 12.3. The van der Waals surface area contributed by atoms with Crippen LogP contribution in [0.1, 0.15) is 20.7 Å². The standard InChI is InChI=1S/C16H11ClN4O2S/c17-9-7-12-13(18-8-9)20-16(19-12)24-6-5-21-14(22)10-3-1-2-4-11(10)15(21)23/h1-4,7-8H,5-6H2,(H,18,19,20). The number of hydrogen-bond donors (Lipinski definition) is 1. The van der Waals surface area contributed by atoms with Crippen LogP contribution in [0.15, 0.2) is 41.7 Å². The molecule has 2 aromatic heterocycles. The van der Waals surface area contributed by atoms with E-state index in [4.69, 9.17) is 11.6 Å². The molecule has 1 N–H and O–H groups in total. The second kappa shape index (κ2) is 5.92. The van der Waals surface area contributed by atoms with Gasteiger partial charge in [0.25, 0.3) is 11.8 Å². The zero-order valence-electron chi connectivity index (χ0n) is 12.3. The summed E-state index contributed by atoms with van der Waals surface area (Å²) in [6, 6.07) is 8.63. The van der Waals surface area contributed by atoms with Gasteiger partial charge in [-0.2, -0.15) is 0 Å². The Morgan fingerprint density at radius 1 is 1.17 bits per heavy atom. The van der Waals surface area contributed by atoms with Crippen molar-refractivity contribution in [1.82, 2.24) is 19.9 Å². The number of aromatic nitrogens is 3. The Morgan fingerprint density at radius 3 is 2.58 bits per heavy atom. The Kier molecular flexibility index (Phi) is 3.74. The van der Waals surface area contributed by atoms with Crippen LogP contribution in [-0.2, 0) is 0 Å². The number of hydrogen-bond acceptors (Lipinski definition) is 5. The molecular formula is C16H11ClN4O2S. The molecule has 6 nitrogen and oxygen atoms in total. The number of halogens is 1. The van der Waals surface area contributed by atoms with Gasteiger partial charge in [-0.25, -0.2) is 9.97 Å². The highest BCUT2D eigenvalue weighted by atomic mass is 35.5. The molecule has 3 aromatic rings. The van der Waals surface area contributed by atoms with Crippen molar-refractivity contribution in [2.45, 2.75) is 5.16 Å². The number of carbonyl (C=O) groups excluding carboxylic acids is 2. The molecule has 1 aliphatic rings. The first kappa shape index (κ1) is 15.2. The third-order valence-electron chi connectivity index (χ3n) is 3.71. The van der Waals surface area contributed by atoms with Gasteiger partial charge in [-0.3, -0.25) is 14.5 Å². The molecule has 24 heavy (non-hydrogen) atoms. The number of amides is 2. The van der Waals surface area contributed by atoms with Gasteiger partial charge in [-0.1, -0.05) is 35.5 Å². The number of fused-ring (bicyclic) bond motifs is 2. The predicted molar refractivity (Wildman–Crippen MR) is 91.4 cm³/mol. The highest BCUT2D eigenvalue weighted by Gasteiger charge is 2.34. The average molecular weight is 359 g/mol. The number of nitrogens with zero attached hydrogens (tertiary/aromatic N) is 3. The molecule has 120 valence electrons. The van der Waals surface area contributed by atoms with Crippen molar-refractivity contribution < 1.29 is 9.59 Å². The van der Waals surface area contributed by atoms with Gasteiger partial charge in [-0.15, -0.1) is 0 Å². The van der Waals surface area contributed by atoms with E-state index in [0.717, 1.165) is 5.52 Å². The Labute approximate surface area is 146 Å². The van der Waals surface area contributed by atoms with Crippen molar-refractivity contribution in [3.63, 3.8) is 0 Å². The largest absolute Gasteiger partial charge is 0.331 e. The molecule has 0 saturated heterocycles. The van der Waals surface area contributed by atoms with Crippen LogP contribution in [0, 0.1) is 0 Å². The van der Waals surface area contributed by atoms with Crippen LogP contribution in [0.5, 0.6) is 0 Å². The number of nitrogens with one attached hydrogen (secondary N) is 1. The van der Waals surface area contributed by atoms with Crippen LogP contribution in [0.25, 0.3) is 11.2 Å². The molecule has 8 heteroatoms. The minimum Gasteiger partial charge on any atom is -0.331 e. The number of aromatic amines is 1. The van der Waals surface area contributed by atoms with Crippen LogP contribution in [0.4, 0.5) is 0 Å². The molecule has 4 rings (SSSR count). The van der Waals surface area contributed by atoms with Gasteiger partial charge < -0.3 is 4.98 Å². The van der Waals surface area contributed by atoms with Crippen molar-refractivity contribution in [3.05, 3.63) is 52.7 Å². The molecule has 0 spiro atoms. The average Bonchev–Trinajstić information content (AvgIpc) is 3.09. The van der Waals surface area contributed by atoms with Crippen molar-refractivity contribution in [1.29, 1.82) is 0 Å². The first-order valence-electron chi connectivity index (χ1n) is 7.23. The van der Waals surface area contributed by atoms with Gasteiger partial charge in [0, 0.05) is 18.5 Å². The first-order chi connectivity index (χ1) is 11.6. The van der Waals surface area contributed by atoms with Gasteiger partial charge in [-0.05, 0) is 18.2 Å². The normalized spacial score (nSPS) is 13.8. The molecule has 0 unspecified atom stereocenters. The Morgan fingerprint density at radius 2 is 1.88 bits per heavy atom. The van der Waals surface area contributed by atoms with Gasteiger partial charge in [0.05, 0.1) is 21.7 Å². The number of benzene rings is 1. The minimum atomic E-state index is -0.241. The molecule has 2 amide bonds. The summed E-state index contributed by atoms with van der Waals surface area (Å²) in [5.74, 6) is 0.0578. The van der Waals surface area contributed by atoms with E-state index in [0.29, 0.717) is 39.3 Å². The fourth-order valence-electron chi connectivity index (χ4n) is 2.60. The first-order valence-corrected chi connectivity index (χ1v) is 8.59. The van der Waals surface area contributed by atoms with Crippen LogP contribution in [-0.4, -0.2) is 44.0 Å². The fourth-order valence-corrected chi connectivity index (χ4v) is 3.55. The van der Waals surface area contributed by atoms with E-state index in [1.807, 2.05) is 0 Å². The summed E-state index contributed by atoms with van der Waals surface area (Å²) in [5.41, 5.74) is 2.28. The van der Waals surface area contributed by atoms with Gasteiger partial charge in [0.1, 0.15) is 0 Å². The van der Waals surface area contributed by atoms with E-state index in [1.54, 1.807) is 30.3 Å². The van der Waals surface area contributed by atoms with E-state index in [2.05, 4.69) is 15.0 Å². The van der Waals surface area contributed by atoms with Crippen LogP contribution >= 0.6 is 23.4 Å². The molecule has 0 radical (unpaired) electrons. The van der Waals surface area contributed by atoms with Crippen molar-refractivity contribution >= 4 is 46.3 Å².